The van der Waals surface area contributed by atoms with E-state index in [1.54, 1.807) is 0 Å². The minimum Gasteiger partial charge on any atom is -0.264 e. The molecule has 0 spiro atoms. The van der Waals surface area contributed by atoms with Crippen LogP contribution in [0.1, 0.15) is 17.5 Å². The first-order chi connectivity index (χ1) is 15.3. The van der Waals surface area contributed by atoms with Crippen LogP contribution in [0.15, 0.2) is 74.5 Å². The standard InChI is InChI=1S/C21H18N2S8/c1-4-14(10-22-6-1)12-26-18-19(27-13-15-5-2-7-23-11-15)31-21(30-18)20-28-16-17(29-20)25-9-3-8-24-16/h1-2,4-7,10-11H,3,8-9,12-13H2. The van der Waals surface area contributed by atoms with Crippen molar-refractivity contribution in [1.82, 2.24) is 9.97 Å². The zero-order valence-corrected chi connectivity index (χ0v) is 22.8. The van der Waals surface area contributed by atoms with Gasteiger partial charge in [-0.2, -0.15) is 0 Å². The van der Waals surface area contributed by atoms with Crippen molar-refractivity contribution >= 4 is 94.1 Å². The zero-order valence-electron chi connectivity index (χ0n) is 16.3. The molecule has 0 bridgehead atoms. The molecule has 5 rings (SSSR count). The Hall–Kier alpha value is 0.320. The molecule has 0 radical (unpaired) electrons. The molecule has 2 aromatic rings. The first-order valence-corrected chi connectivity index (χ1v) is 16.8. The van der Waals surface area contributed by atoms with E-state index in [0.717, 1.165) is 11.5 Å². The normalized spacial score (nSPS) is 19.2. The van der Waals surface area contributed by atoms with Gasteiger partial charge >= 0.3 is 0 Å². The van der Waals surface area contributed by atoms with Crippen LogP contribution in [0.5, 0.6) is 0 Å². The van der Waals surface area contributed by atoms with Gasteiger partial charge in [0.1, 0.15) is 0 Å². The summed E-state index contributed by atoms with van der Waals surface area (Å²) in [7, 11) is 0. The van der Waals surface area contributed by atoms with Gasteiger partial charge in [-0.3, -0.25) is 9.97 Å². The van der Waals surface area contributed by atoms with E-state index in [2.05, 4.69) is 22.1 Å². The fourth-order valence-corrected chi connectivity index (χ4v) is 14.8. The highest BCUT2D eigenvalue weighted by atomic mass is 32.3. The lowest BCUT2D eigenvalue weighted by Crippen LogP contribution is -1.83. The summed E-state index contributed by atoms with van der Waals surface area (Å²) in [6.45, 7) is 0. The molecule has 0 atom stereocenters. The molecular weight excluding hydrogens is 537 g/mol. The van der Waals surface area contributed by atoms with Crippen LogP contribution in [0, 0.1) is 0 Å². The van der Waals surface area contributed by atoms with Gasteiger partial charge in [-0.05, 0) is 41.2 Å². The number of rotatable bonds is 6. The van der Waals surface area contributed by atoms with Gasteiger partial charge in [-0.25, -0.2) is 0 Å². The molecule has 31 heavy (non-hydrogen) atoms. The highest BCUT2D eigenvalue weighted by Gasteiger charge is 2.31. The van der Waals surface area contributed by atoms with Gasteiger partial charge in [0.25, 0.3) is 0 Å². The van der Waals surface area contributed by atoms with Gasteiger partial charge in [0.05, 0.1) is 25.4 Å². The van der Waals surface area contributed by atoms with Crippen LogP contribution in [0.2, 0.25) is 0 Å². The highest BCUT2D eigenvalue weighted by Crippen LogP contribution is 2.66. The lowest BCUT2D eigenvalue weighted by Gasteiger charge is -2.05. The zero-order chi connectivity index (χ0) is 20.9. The van der Waals surface area contributed by atoms with E-state index in [4.69, 9.17) is 0 Å². The lowest BCUT2D eigenvalue weighted by atomic mass is 10.3. The summed E-state index contributed by atoms with van der Waals surface area (Å²) < 4.78 is 8.82. The molecule has 5 heterocycles. The molecule has 0 unspecified atom stereocenters. The van der Waals surface area contributed by atoms with Gasteiger partial charge in [0.15, 0.2) is 0 Å². The first kappa shape index (κ1) is 23.1. The molecular formula is C21H18N2S8. The van der Waals surface area contributed by atoms with Crippen molar-refractivity contribution in [3.8, 4) is 0 Å². The molecule has 160 valence electrons. The Morgan fingerprint density at radius 1 is 0.677 bits per heavy atom. The number of thioether (sulfide) groups is 8. The second-order valence-electron chi connectivity index (χ2n) is 6.48. The van der Waals surface area contributed by atoms with Crippen molar-refractivity contribution in [3.05, 3.63) is 85.6 Å². The fraction of sp³-hybridized carbons (Fsp3) is 0.238. The van der Waals surface area contributed by atoms with Crippen LogP contribution in [-0.4, -0.2) is 21.5 Å². The summed E-state index contributed by atoms with van der Waals surface area (Å²) in [6.07, 6.45) is 8.94. The number of nitrogens with zero attached hydrogens (tertiary/aromatic N) is 2. The molecule has 2 aromatic heterocycles. The molecule has 0 saturated carbocycles. The Bertz CT molecular complexity index is 943. The molecule has 2 nitrogen and oxygen atoms in total. The van der Waals surface area contributed by atoms with Gasteiger partial charge in [-0.15, -0.1) is 47.0 Å². The lowest BCUT2D eigenvalue weighted by molar-refractivity contribution is 1.13. The molecule has 3 aliphatic heterocycles. The fourth-order valence-electron chi connectivity index (χ4n) is 2.72. The van der Waals surface area contributed by atoms with Crippen LogP contribution >= 0.6 is 94.1 Å². The van der Waals surface area contributed by atoms with Gasteiger partial charge in [0, 0.05) is 36.3 Å². The summed E-state index contributed by atoms with van der Waals surface area (Å²) in [5, 5.41) is 0. The van der Waals surface area contributed by atoms with Crippen LogP contribution in [0.4, 0.5) is 0 Å². The van der Waals surface area contributed by atoms with E-state index < -0.39 is 0 Å². The number of pyridine rings is 2. The van der Waals surface area contributed by atoms with Crippen molar-refractivity contribution in [3.63, 3.8) is 0 Å². The largest absolute Gasteiger partial charge is 0.264 e. The van der Waals surface area contributed by atoms with Gasteiger partial charge in [0.2, 0.25) is 0 Å². The van der Waals surface area contributed by atoms with E-state index in [1.165, 1.54) is 54.5 Å². The average Bonchev–Trinajstić information content (AvgIpc) is 3.35. The third kappa shape index (κ3) is 6.26. The van der Waals surface area contributed by atoms with Crippen molar-refractivity contribution in [1.29, 1.82) is 0 Å². The predicted octanol–water partition coefficient (Wildman–Crippen LogP) is 8.85. The van der Waals surface area contributed by atoms with Crippen molar-refractivity contribution in [2.24, 2.45) is 0 Å². The van der Waals surface area contributed by atoms with E-state index in [0.29, 0.717) is 0 Å². The monoisotopic (exact) mass is 554 g/mol. The van der Waals surface area contributed by atoms with E-state index >= 15 is 0 Å². The minimum absolute atomic E-state index is 0.955. The second kappa shape index (κ2) is 11.6. The molecule has 0 amide bonds. The molecule has 0 aliphatic carbocycles. The smallest absolute Gasteiger partial charge is 0.0717 e. The Labute approximate surface area is 217 Å². The first-order valence-electron chi connectivity index (χ1n) is 9.58. The third-order valence-electron chi connectivity index (χ3n) is 4.18. The number of aromatic nitrogens is 2. The van der Waals surface area contributed by atoms with Crippen LogP contribution in [-0.2, 0) is 11.5 Å². The quantitative estimate of drug-likeness (QED) is 0.344. The SMILES string of the molecule is c1cncc(CSC2=C(SCc3cccnc3)SC(=C3SC4=C(SCCCS4)S3)S2)c1. The Balaban J connectivity index is 1.31. The van der Waals surface area contributed by atoms with Gasteiger partial charge in [-0.1, -0.05) is 59.2 Å². The summed E-state index contributed by atoms with van der Waals surface area (Å²) in [5.74, 6) is 4.41. The summed E-state index contributed by atoms with van der Waals surface area (Å²) >= 11 is 15.9. The van der Waals surface area contributed by atoms with E-state index in [1.807, 2.05) is 131 Å². The topological polar surface area (TPSA) is 25.8 Å². The summed E-state index contributed by atoms with van der Waals surface area (Å²) in [5.41, 5.74) is 2.54. The predicted molar refractivity (Wildman–Crippen MR) is 152 cm³/mol. The Kier molecular flexibility index (Phi) is 8.67. The molecule has 3 aliphatic rings. The van der Waals surface area contributed by atoms with Crippen LogP contribution in [0.3, 0.4) is 0 Å². The van der Waals surface area contributed by atoms with Gasteiger partial charge < -0.3 is 0 Å². The van der Waals surface area contributed by atoms with E-state index in [-0.39, 0.29) is 0 Å². The van der Waals surface area contributed by atoms with Crippen molar-refractivity contribution in [2.75, 3.05) is 11.5 Å². The minimum atomic E-state index is 0.955. The number of hydrogen-bond acceptors (Lipinski definition) is 10. The van der Waals surface area contributed by atoms with Crippen molar-refractivity contribution in [2.45, 2.75) is 17.9 Å². The molecule has 0 fully saturated rings. The highest BCUT2D eigenvalue weighted by molar-refractivity contribution is 8.45. The molecule has 10 heteroatoms. The summed E-state index contributed by atoms with van der Waals surface area (Å²) in [4.78, 5) is 8.54. The second-order valence-corrected chi connectivity index (χ2v) is 16.3. The number of hydrogen-bond donors (Lipinski definition) is 0. The third-order valence-corrected chi connectivity index (χ3v) is 16.1. The summed E-state index contributed by atoms with van der Waals surface area (Å²) in [6, 6.07) is 8.36. The van der Waals surface area contributed by atoms with E-state index in [9.17, 15) is 0 Å². The average molecular weight is 555 g/mol. The maximum atomic E-state index is 4.27. The molecule has 0 N–H and O–H groups in total. The Morgan fingerprint density at radius 3 is 1.68 bits per heavy atom. The maximum Gasteiger partial charge on any atom is 0.0717 e. The molecule has 0 aromatic carbocycles. The maximum absolute atomic E-state index is 4.27. The van der Waals surface area contributed by atoms with Crippen molar-refractivity contribution < 1.29 is 0 Å². The Morgan fingerprint density at radius 2 is 1.19 bits per heavy atom. The molecule has 0 saturated heterocycles. The van der Waals surface area contributed by atoms with Crippen LogP contribution < -0.4 is 0 Å². The van der Waals surface area contributed by atoms with Crippen LogP contribution in [0.25, 0.3) is 0 Å².